The molecule has 5 nitrogen and oxygen atoms in total. The summed E-state index contributed by atoms with van der Waals surface area (Å²) < 4.78 is 10.8. The van der Waals surface area contributed by atoms with Crippen LogP contribution in [0, 0.1) is 0 Å². The van der Waals surface area contributed by atoms with Crippen LogP contribution in [-0.2, 0) is 11.3 Å². The molecular formula is C19H22N2O3. The van der Waals surface area contributed by atoms with E-state index >= 15 is 0 Å². The maximum Gasteiger partial charge on any atom is 0.337 e. The molecule has 1 aliphatic rings. The summed E-state index contributed by atoms with van der Waals surface area (Å²) in [4.78, 5) is 13.8. The van der Waals surface area contributed by atoms with E-state index < -0.39 is 0 Å². The van der Waals surface area contributed by atoms with Gasteiger partial charge in [-0.3, -0.25) is 0 Å². The van der Waals surface area contributed by atoms with Crippen molar-refractivity contribution < 1.29 is 14.3 Å². The molecule has 126 valence electrons. The number of hydrogen-bond acceptors (Lipinski definition) is 5. The number of nitrogens with two attached hydrogens (primary N) is 1. The molecule has 0 atom stereocenters. The number of carbonyl (C=O) groups is 1. The minimum atomic E-state index is -0.324. The SMILES string of the molecule is COC(=O)c1ccc(CN2CC(C)(C)Oc3cc(N)ccc32)cc1. The summed E-state index contributed by atoms with van der Waals surface area (Å²) in [6.45, 7) is 5.62. The van der Waals surface area contributed by atoms with Crippen LogP contribution in [0.25, 0.3) is 0 Å². The summed E-state index contributed by atoms with van der Waals surface area (Å²) in [6.07, 6.45) is 0. The van der Waals surface area contributed by atoms with E-state index in [1.54, 1.807) is 12.1 Å². The van der Waals surface area contributed by atoms with Gasteiger partial charge in [0.25, 0.3) is 0 Å². The Labute approximate surface area is 142 Å². The van der Waals surface area contributed by atoms with Gasteiger partial charge in [0.1, 0.15) is 11.4 Å². The highest BCUT2D eigenvalue weighted by Gasteiger charge is 2.31. The zero-order chi connectivity index (χ0) is 17.3. The van der Waals surface area contributed by atoms with Gasteiger partial charge in [0, 0.05) is 18.3 Å². The molecule has 1 aliphatic heterocycles. The van der Waals surface area contributed by atoms with Crippen molar-refractivity contribution in [3.05, 3.63) is 53.6 Å². The second-order valence-electron chi connectivity index (χ2n) is 6.63. The number of fused-ring (bicyclic) bond motifs is 1. The Morgan fingerprint density at radius 2 is 1.96 bits per heavy atom. The van der Waals surface area contributed by atoms with Crippen molar-refractivity contribution in [2.75, 3.05) is 24.3 Å². The lowest BCUT2D eigenvalue weighted by Crippen LogP contribution is -2.46. The first-order chi connectivity index (χ1) is 11.4. The average Bonchev–Trinajstić information content (AvgIpc) is 2.53. The molecule has 5 heteroatoms. The number of nitrogens with zero attached hydrogens (tertiary/aromatic N) is 1. The predicted octanol–water partition coefficient (Wildman–Crippen LogP) is 3.23. The molecule has 0 bridgehead atoms. The Bertz CT molecular complexity index is 754. The van der Waals surface area contributed by atoms with Crippen molar-refractivity contribution in [2.45, 2.75) is 26.0 Å². The summed E-state index contributed by atoms with van der Waals surface area (Å²) in [5.41, 5.74) is 8.97. The highest BCUT2D eigenvalue weighted by atomic mass is 16.5. The first-order valence-corrected chi connectivity index (χ1v) is 7.89. The average molecular weight is 326 g/mol. The number of esters is 1. The molecule has 0 aliphatic carbocycles. The number of carbonyl (C=O) groups excluding carboxylic acids is 1. The molecule has 2 aromatic rings. The van der Waals surface area contributed by atoms with Crippen LogP contribution in [0.1, 0.15) is 29.8 Å². The lowest BCUT2D eigenvalue weighted by Gasteiger charge is -2.41. The van der Waals surface area contributed by atoms with Crippen molar-refractivity contribution in [2.24, 2.45) is 0 Å². The van der Waals surface area contributed by atoms with Crippen molar-refractivity contribution >= 4 is 17.3 Å². The monoisotopic (exact) mass is 326 g/mol. The fraction of sp³-hybridized carbons (Fsp3) is 0.316. The van der Waals surface area contributed by atoms with Crippen LogP contribution in [-0.4, -0.2) is 25.2 Å². The smallest absolute Gasteiger partial charge is 0.337 e. The van der Waals surface area contributed by atoms with E-state index in [0.717, 1.165) is 30.1 Å². The largest absolute Gasteiger partial charge is 0.484 e. The van der Waals surface area contributed by atoms with E-state index in [4.69, 9.17) is 15.2 Å². The summed E-state index contributed by atoms with van der Waals surface area (Å²) in [5, 5.41) is 0. The molecule has 0 unspecified atom stereocenters. The van der Waals surface area contributed by atoms with Crippen molar-refractivity contribution in [1.82, 2.24) is 0 Å². The zero-order valence-electron chi connectivity index (χ0n) is 14.2. The number of hydrogen-bond donors (Lipinski definition) is 1. The lowest BCUT2D eigenvalue weighted by atomic mass is 10.0. The van der Waals surface area contributed by atoms with Gasteiger partial charge < -0.3 is 20.1 Å². The Morgan fingerprint density at radius 1 is 1.25 bits per heavy atom. The quantitative estimate of drug-likeness (QED) is 0.693. The van der Waals surface area contributed by atoms with E-state index in [1.807, 2.05) is 30.3 Å². The zero-order valence-corrected chi connectivity index (χ0v) is 14.2. The van der Waals surface area contributed by atoms with Crippen molar-refractivity contribution in [3.63, 3.8) is 0 Å². The molecule has 0 aromatic heterocycles. The number of rotatable bonds is 3. The van der Waals surface area contributed by atoms with Gasteiger partial charge in [-0.2, -0.15) is 0 Å². The standard InChI is InChI=1S/C19H22N2O3/c1-19(2)12-21(16-9-8-15(20)10-17(16)24-19)11-13-4-6-14(7-5-13)18(22)23-3/h4-10H,11-12,20H2,1-3H3. The molecule has 0 fully saturated rings. The van der Waals surface area contributed by atoms with Gasteiger partial charge in [-0.25, -0.2) is 4.79 Å². The van der Waals surface area contributed by atoms with E-state index in [2.05, 4.69) is 18.7 Å². The number of benzene rings is 2. The third-order valence-electron chi connectivity index (χ3n) is 4.03. The molecule has 0 radical (unpaired) electrons. The van der Waals surface area contributed by atoms with E-state index in [9.17, 15) is 4.79 Å². The van der Waals surface area contributed by atoms with E-state index in [-0.39, 0.29) is 11.6 Å². The molecule has 0 saturated heterocycles. The highest BCUT2D eigenvalue weighted by molar-refractivity contribution is 5.89. The number of ether oxygens (including phenoxy) is 2. The van der Waals surface area contributed by atoms with Gasteiger partial charge in [0.05, 0.1) is 24.9 Å². The minimum absolute atomic E-state index is 0.299. The van der Waals surface area contributed by atoms with Crippen LogP contribution in [0.3, 0.4) is 0 Å². The lowest BCUT2D eigenvalue weighted by molar-refractivity contribution is 0.0600. The maximum atomic E-state index is 11.5. The Morgan fingerprint density at radius 3 is 2.62 bits per heavy atom. The summed E-state index contributed by atoms with van der Waals surface area (Å²) in [6, 6.07) is 13.2. The molecule has 24 heavy (non-hydrogen) atoms. The van der Waals surface area contributed by atoms with Crippen LogP contribution >= 0.6 is 0 Å². The summed E-state index contributed by atoms with van der Waals surface area (Å²) in [5.74, 6) is 0.479. The fourth-order valence-electron chi connectivity index (χ4n) is 2.97. The van der Waals surface area contributed by atoms with Gasteiger partial charge in [0.2, 0.25) is 0 Å². The van der Waals surface area contributed by atoms with Gasteiger partial charge in [0.15, 0.2) is 0 Å². The van der Waals surface area contributed by atoms with Gasteiger partial charge in [-0.05, 0) is 43.7 Å². The molecule has 2 N–H and O–H groups in total. The molecule has 0 amide bonds. The summed E-state index contributed by atoms with van der Waals surface area (Å²) >= 11 is 0. The van der Waals surface area contributed by atoms with Crippen LogP contribution in [0.4, 0.5) is 11.4 Å². The highest BCUT2D eigenvalue weighted by Crippen LogP contribution is 2.38. The maximum absolute atomic E-state index is 11.5. The van der Waals surface area contributed by atoms with Crippen molar-refractivity contribution in [1.29, 1.82) is 0 Å². The number of nitrogen functional groups attached to an aromatic ring is 1. The van der Waals surface area contributed by atoms with Crippen LogP contribution in [0.15, 0.2) is 42.5 Å². The van der Waals surface area contributed by atoms with Gasteiger partial charge in [-0.15, -0.1) is 0 Å². The number of anilines is 2. The van der Waals surface area contributed by atoms with Crippen molar-refractivity contribution in [3.8, 4) is 5.75 Å². The molecule has 0 saturated carbocycles. The van der Waals surface area contributed by atoms with E-state index in [0.29, 0.717) is 11.3 Å². The Kier molecular flexibility index (Phi) is 4.09. The van der Waals surface area contributed by atoms with Gasteiger partial charge in [-0.1, -0.05) is 12.1 Å². The van der Waals surface area contributed by atoms with Gasteiger partial charge >= 0.3 is 5.97 Å². The second kappa shape index (κ2) is 6.07. The normalized spacial score (nSPS) is 15.4. The second-order valence-corrected chi connectivity index (χ2v) is 6.63. The fourth-order valence-corrected chi connectivity index (χ4v) is 2.97. The number of methoxy groups -OCH3 is 1. The topological polar surface area (TPSA) is 64.8 Å². The Hall–Kier alpha value is -2.69. The van der Waals surface area contributed by atoms with Crippen LogP contribution < -0.4 is 15.4 Å². The predicted molar refractivity (Wildman–Crippen MR) is 94.4 cm³/mol. The molecule has 1 heterocycles. The third kappa shape index (κ3) is 3.30. The minimum Gasteiger partial charge on any atom is -0.484 e. The summed E-state index contributed by atoms with van der Waals surface area (Å²) in [7, 11) is 1.38. The molecule has 0 spiro atoms. The molecular weight excluding hydrogens is 304 g/mol. The Balaban J connectivity index is 1.86. The molecule has 2 aromatic carbocycles. The first-order valence-electron chi connectivity index (χ1n) is 7.89. The first kappa shape index (κ1) is 16.2. The van der Waals surface area contributed by atoms with Crippen LogP contribution in [0.2, 0.25) is 0 Å². The van der Waals surface area contributed by atoms with Crippen LogP contribution in [0.5, 0.6) is 5.75 Å². The molecule has 3 rings (SSSR count). The third-order valence-corrected chi connectivity index (χ3v) is 4.03. The van der Waals surface area contributed by atoms with E-state index in [1.165, 1.54) is 7.11 Å².